The maximum absolute atomic E-state index is 13.7. The molecule has 7 heteroatoms. The summed E-state index contributed by atoms with van der Waals surface area (Å²) < 4.78 is 5.10. The van der Waals surface area contributed by atoms with Crippen molar-refractivity contribution in [1.29, 1.82) is 0 Å². The van der Waals surface area contributed by atoms with Crippen molar-refractivity contribution < 1.29 is 19.1 Å². The van der Waals surface area contributed by atoms with Gasteiger partial charge >= 0.3 is 5.97 Å². The number of ether oxygens (including phenoxy) is 1. The molecule has 0 fully saturated rings. The van der Waals surface area contributed by atoms with Crippen LogP contribution >= 0.6 is 0 Å². The van der Waals surface area contributed by atoms with Crippen molar-refractivity contribution in [1.82, 2.24) is 15.5 Å². The summed E-state index contributed by atoms with van der Waals surface area (Å²) in [7, 11) is 1.73. The Morgan fingerprint density at radius 3 is 1.88 bits per heavy atom. The molecule has 0 aromatic heterocycles. The molecule has 0 aliphatic heterocycles. The zero-order chi connectivity index (χ0) is 26.1. The zero-order valence-electron chi connectivity index (χ0n) is 23.1. The normalized spacial score (nSPS) is 14.8. The largest absolute Gasteiger partial charge is 0.463 e. The van der Waals surface area contributed by atoms with E-state index in [1.165, 1.54) is 0 Å². The molecule has 7 nitrogen and oxygen atoms in total. The Balaban J connectivity index is 6.06. The molecule has 0 saturated carbocycles. The van der Waals surface area contributed by atoms with Gasteiger partial charge in [0, 0.05) is 18.7 Å². The van der Waals surface area contributed by atoms with Crippen LogP contribution in [0.3, 0.4) is 0 Å². The van der Waals surface area contributed by atoms with Gasteiger partial charge in [-0.25, -0.2) is 4.79 Å². The van der Waals surface area contributed by atoms with Gasteiger partial charge in [-0.15, -0.1) is 0 Å². The third-order valence-corrected chi connectivity index (χ3v) is 6.09. The molecule has 0 rings (SSSR count). The summed E-state index contributed by atoms with van der Waals surface area (Å²) in [5.74, 6) is -0.678. The molecule has 0 aliphatic rings. The molecule has 0 heterocycles. The van der Waals surface area contributed by atoms with Crippen LogP contribution in [0.15, 0.2) is 11.6 Å². The van der Waals surface area contributed by atoms with Crippen LogP contribution in [0, 0.1) is 11.3 Å². The molecule has 0 saturated heterocycles. The number of hydrogen-bond donors (Lipinski definition) is 2. The molecular weight excluding hydrogens is 418 g/mol. The van der Waals surface area contributed by atoms with E-state index < -0.39 is 17.0 Å². The van der Waals surface area contributed by atoms with Crippen molar-refractivity contribution >= 4 is 17.8 Å². The molecule has 0 unspecified atom stereocenters. The highest BCUT2D eigenvalue weighted by atomic mass is 16.5. The lowest BCUT2D eigenvalue weighted by molar-refractivity contribution is -0.142. The monoisotopic (exact) mass is 467 g/mol. The molecule has 0 spiro atoms. The van der Waals surface area contributed by atoms with Crippen LogP contribution in [-0.4, -0.2) is 60.0 Å². The molecular formula is C26H49N3O4. The highest BCUT2D eigenvalue weighted by molar-refractivity contribution is 5.93. The van der Waals surface area contributed by atoms with E-state index in [0.717, 1.165) is 0 Å². The molecule has 33 heavy (non-hydrogen) atoms. The van der Waals surface area contributed by atoms with E-state index in [4.69, 9.17) is 4.74 Å². The van der Waals surface area contributed by atoms with Crippen molar-refractivity contribution in [3.63, 3.8) is 0 Å². The van der Waals surface area contributed by atoms with Crippen molar-refractivity contribution in [2.24, 2.45) is 11.3 Å². The average molecular weight is 468 g/mol. The van der Waals surface area contributed by atoms with Gasteiger partial charge in [-0.05, 0) is 51.9 Å². The third-order valence-electron chi connectivity index (χ3n) is 6.09. The zero-order valence-corrected chi connectivity index (χ0v) is 23.1. The first-order valence-corrected chi connectivity index (χ1v) is 12.3. The summed E-state index contributed by atoms with van der Waals surface area (Å²) in [6.07, 6.45) is 3.01. The summed E-state index contributed by atoms with van der Waals surface area (Å²) in [4.78, 5) is 41.0. The van der Waals surface area contributed by atoms with Crippen molar-refractivity contribution in [2.45, 2.75) is 113 Å². The van der Waals surface area contributed by atoms with Crippen LogP contribution in [-0.2, 0) is 19.1 Å². The summed E-state index contributed by atoms with van der Waals surface area (Å²) in [5.41, 5.74) is -0.786. The summed E-state index contributed by atoms with van der Waals surface area (Å²) in [6.45, 7) is 21.6. The minimum absolute atomic E-state index is 0.0626. The fourth-order valence-electron chi connectivity index (χ4n) is 3.98. The first-order valence-electron chi connectivity index (χ1n) is 12.3. The Labute approximate surface area is 202 Å². The first kappa shape index (κ1) is 31.1. The molecule has 0 aromatic carbocycles. The maximum atomic E-state index is 13.7. The van der Waals surface area contributed by atoms with E-state index in [-0.39, 0.29) is 35.8 Å². The molecule has 0 bridgehead atoms. The lowest BCUT2D eigenvalue weighted by atomic mass is 9.83. The van der Waals surface area contributed by atoms with Crippen LogP contribution in [0.2, 0.25) is 0 Å². The second-order valence-electron chi connectivity index (χ2n) is 10.6. The molecule has 0 aliphatic carbocycles. The molecule has 0 aromatic rings. The number of nitrogens with one attached hydrogen (secondary N) is 2. The smallest absolute Gasteiger partial charge is 0.333 e. The highest BCUT2D eigenvalue weighted by Crippen LogP contribution is 2.26. The number of carbonyl (C=O) groups is 3. The van der Waals surface area contributed by atoms with E-state index in [2.05, 4.69) is 10.6 Å². The van der Waals surface area contributed by atoms with Gasteiger partial charge in [0.25, 0.3) is 0 Å². The van der Waals surface area contributed by atoms with Crippen LogP contribution in [0.25, 0.3) is 0 Å². The van der Waals surface area contributed by atoms with Gasteiger partial charge in [0.05, 0.1) is 18.2 Å². The topological polar surface area (TPSA) is 87.7 Å². The lowest BCUT2D eigenvalue weighted by Crippen LogP contribution is -2.64. The van der Waals surface area contributed by atoms with Gasteiger partial charge in [0.1, 0.15) is 6.04 Å². The van der Waals surface area contributed by atoms with Crippen LogP contribution in [0.1, 0.15) is 89.0 Å². The van der Waals surface area contributed by atoms with E-state index in [1.54, 1.807) is 31.9 Å². The Kier molecular flexibility index (Phi) is 12.4. The van der Waals surface area contributed by atoms with E-state index in [9.17, 15) is 14.4 Å². The van der Waals surface area contributed by atoms with Gasteiger partial charge in [0.2, 0.25) is 11.8 Å². The summed E-state index contributed by atoms with van der Waals surface area (Å²) >= 11 is 0. The minimum atomic E-state index is -0.742. The van der Waals surface area contributed by atoms with Crippen molar-refractivity contribution in [3.8, 4) is 0 Å². The molecule has 0 radical (unpaired) electrons. The predicted octanol–water partition coefficient (Wildman–Crippen LogP) is 4.07. The number of carbonyl (C=O) groups excluding carboxylic acids is 3. The van der Waals surface area contributed by atoms with Gasteiger partial charge in [-0.3, -0.25) is 9.59 Å². The van der Waals surface area contributed by atoms with E-state index in [1.807, 2.05) is 62.3 Å². The number of rotatable bonds is 12. The van der Waals surface area contributed by atoms with Gasteiger partial charge < -0.3 is 20.3 Å². The van der Waals surface area contributed by atoms with Crippen molar-refractivity contribution in [2.75, 3.05) is 13.7 Å². The number of likely N-dealkylation sites (N-methyl/N-ethyl adjacent to an activating group) is 1. The quantitative estimate of drug-likeness (QED) is 0.334. The number of esters is 1. The molecule has 2 amide bonds. The van der Waals surface area contributed by atoms with Crippen LogP contribution in [0.5, 0.6) is 0 Å². The number of hydrogen-bond acceptors (Lipinski definition) is 5. The van der Waals surface area contributed by atoms with E-state index in [0.29, 0.717) is 25.0 Å². The van der Waals surface area contributed by atoms with Crippen molar-refractivity contribution in [3.05, 3.63) is 11.6 Å². The molecule has 2 N–H and O–H groups in total. The summed E-state index contributed by atoms with van der Waals surface area (Å²) in [5, 5.41) is 6.48. The summed E-state index contributed by atoms with van der Waals surface area (Å²) in [6, 6.07) is -0.915. The third kappa shape index (κ3) is 8.76. The maximum Gasteiger partial charge on any atom is 0.333 e. The molecule has 192 valence electrons. The average Bonchev–Trinajstić information content (AvgIpc) is 2.71. The fourth-order valence-corrected chi connectivity index (χ4v) is 3.98. The highest BCUT2D eigenvalue weighted by Gasteiger charge is 2.42. The van der Waals surface area contributed by atoms with Gasteiger partial charge in [-0.1, -0.05) is 54.5 Å². The fraction of sp³-hybridized carbons (Fsp3) is 0.808. The standard InChI is InChI=1S/C26H49N3O4/c1-13-26(14-2,28-18(6)7)24(32)27-21(25(9,10)11)22(30)29(12)20(17(4)5)16-19(8)23(31)33-15-3/h16-18,20-21,28H,13-15H2,1-12H3,(H,27,32)/b19-16+/t20-,21-/m1/s1. The Hall–Kier alpha value is -1.89. The van der Waals surface area contributed by atoms with E-state index >= 15 is 0 Å². The predicted molar refractivity (Wildman–Crippen MR) is 135 cm³/mol. The second kappa shape index (κ2) is 13.1. The second-order valence-corrected chi connectivity index (χ2v) is 10.6. The van der Waals surface area contributed by atoms with Crippen LogP contribution < -0.4 is 10.6 Å². The minimum Gasteiger partial charge on any atom is -0.463 e. The number of nitrogens with zero attached hydrogens (tertiary/aromatic N) is 1. The number of amides is 2. The Bertz CT molecular complexity index is 688. The van der Waals surface area contributed by atoms with Gasteiger partial charge in [0.15, 0.2) is 0 Å². The molecule has 2 atom stereocenters. The Morgan fingerprint density at radius 2 is 1.52 bits per heavy atom. The SMILES string of the molecule is CCOC(=O)/C(C)=C/[C@H](C(C)C)N(C)C(=O)[C@@H](NC(=O)C(CC)(CC)NC(C)C)C(C)(C)C. The van der Waals surface area contributed by atoms with Gasteiger partial charge in [-0.2, -0.15) is 0 Å². The Morgan fingerprint density at radius 1 is 1.00 bits per heavy atom. The first-order chi connectivity index (χ1) is 15.1. The van der Waals surface area contributed by atoms with Crippen LogP contribution in [0.4, 0.5) is 0 Å². The lowest BCUT2D eigenvalue weighted by Gasteiger charge is -2.40.